The number of hydrogen-bond acceptors (Lipinski definition) is 4. The Morgan fingerprint density at radius 2 is 2.25 bits per heavy atom. The van der Waals surface area contributed by atoms with Gasteiger partial charge in [-0.1, -0.05) is 6.92 Å². The highest BCUT2D eigenvalue weighted by Gasteiger charge is 2.21. The summed E-state index contributed by atoms with van der Waals surface area (Å²) in [4.78, 5) is 22.1. The Balaban J connectivity index is 2.98. The van der Waals surface area contributed by atoms with Gasteiger partial charge in [-0.05, 0) is 0 Å². The van der Waals surface area contributed by atoms with Crippen LogP contribution in [-0.2, 0) is 23.0 Å². The monoisotopic (exact) mass is 226 g/mol. The zero-order valence-corrected chi connectivity index (χ0v) is 9.43. The summed E-state index contributed by atoms with van der Waals surface area (Å²) >= 11 is 0. The van der Waals surface area contributed by atoms with Gasteiger partial charge in [-0.2, -0.15) is 5.10 Å². The third-order valence-electron chi connectivity index (χ3n) is 2.39. The second-order valence-corrected chi connectivity index (χ2v) is 3.56. The molecule has 1 aromatic rings. The van der Waals surface area contributed by atoms with E-state index >= 15 is 0 Å². The lowest BCUT2D eigenvalue weighted by Crippen LogP contribution is -2.17. The van der Waals surface area contributed by atoms with Crippen LogP contribution in [0.5, 0.6) is 0 Å². The van der Waals surface area contributed by atoms with Crippen LogP contribution in [0.4, 0.5) is 0 Å². The molecule has 1 atom stereocenters. The summed E-state index contributed by atoms with van der Waals surface area (Å²) in [6.45, 7) is 1.58. The Morgan fingerprint density at radius 1 is 1.62 bits per heavy atom. The minimum atomic E-state index is -0.906. The van der Waals surface area contributed by atoms with Gasteiger partial charge in [0, 0.05) is 13.5 Å². The minimum Gasteiger partial charge on any atom is -0.481 e. The number of carbonyl (C=O) groups is 2. The number of methoxy groups -OCH3 is 1. The molecular formula is C10H14N2O4. The lowest BCUT2D eigenvalue weighted by molar-refractivity contribution is -0.141. The molecule has 1 rings (SSSR count). The van der Waals surface area contributed by atoms with E-state index in [1.165, 1.54) is 18.0 Å². The summed E-state index contributed by atoms with van der Waals surface area (Å²) in [7, 11) is 2.94. The highest BCUT2D eigenvalue weighted by molar-refractivity contribution is 5.90. The van der Waals surface area contributed by atoms with E-state index in [2.05, 4.69) is 9.84 Å². The molecule has 1 N–H and O–H groups in total. The normalized spacial score (nSPS) is 12.2. The number of rotatable bonds is 4. The van der Waals surface area contributed by atoms with Crippen molar-refractivity contribution in [2.75, 3.05) is 7.11 Å². The van der Waals surface area contributed by atoms with Gasteiger partial charge in [-0.25, -0.2) is 4.79 Å². The first-order valence-corrected chi connectivity index (χ1v) is 4.79. The largest absolute Gasteiger partial charge is 0.481 e. The molecule has 0 aliphatic heterocycles. The summed E-state index contributed by atoms with van der Waals surface area (Å²) in [5.74, 6) is -1.98. The zero-order valence-electron chi connectivity index (χ0n) is 9.43. The SMILES string of the molecule is COC(=O)c1cnn(C)c1CC(C)C(=O)O. The molecule has 0 fully saturated rings. The van der Waals surface area contributed by atoms with E-state index in [9.17, 15) is 9.59 Å². The van der Waals surface area contributed by atoms with Gasteiger partial charge in [0.05, 0.1) is 24.9 Å². The molecule has 0 aliphatic rings. The van der Waals surface area contributed by atoms with Gasteiger partial charge < -0.3 is 9.84 Å². The number of aryl methyl sites for hydroxylation is 1. The van der Waals surface area contributed by atoms with Crippen molar-refractivity contribution in [2.24, 2.45) is 13.0 Å². The van der Waals surface area contributed by atoms with Gasteiger partial charge in [-0.3, -0.25) is 9.48 Å². The molecule has 0 spiro atoms. The summed E-state index contributed by atoms with van der Waals surface area (Å²) in [6, 6.07) is 0. The number of nitrogens with zero attached hydrogens (tertiary/aromatic N) is 2. The van der Waals surface area contributed by atoms with Crippen molar-refractivity contribution in [1.29, 1.82) is 0 Å². The first-order chi connectivity index (χ1) is 7.47. The Kier molecular flexibility index (Phi) is 3.65. The standard InChI is InChI=1S/C10H14N2O4/c1-6(9(13)14)4-8-7(10(15)16-3)5-11-12(8)2/h5-6H,4H2,1-3H3,(H,13,14). The number of aromatic nitrogens is 2. The average Bonchev–Trinajstić information content (AvgIpc) is 2.59. The molecule has 0 saturated carbocycles. The van der Waals surface area contributed by atoms with Crippen molar-refractivity contribution in [2.45, 2.75) is 13.3 Å². The highest BCUT2D eigenvalue weighted by Crippen LogP contribution is 2.14. The maximum absolute atomic E-state index is 11.4. The van der Waals surface area contributed by atoms with E-state index < -0.39 is 17.9 Å². The van der Waals surface area contributed by atoms with Crippen molar-refractivity contribution < 1.29 is 19.4 Å². The molecule has 16 heavy (non-hydrogen) atoms. The quantitative estimate of drug-likeness (QED) is 0.755. The number of aliphatic carboxylic acids is 1. The van der Waals surface area contributed by atoms with E-state index in [0.717, 1.165) is 0 Å². The fraction of sp³-hybridized carbons (Fsp3) is 0.500. The molecule has 88 valence electrons. The topological polar surface area (TPSA) is 81.4 Å². The number of carboxylic acids is 1. The number of hydrogen-bond donors (Lipinski definition) is 1. The fourth-order valence-corrected chi connectivity index (χ4v) is 1.36. The second-order valence-electron chi connectivity index (χ2n) is 3.56. The van der Waals surface area contributed by atoms with Crippen LogP contribution in [0.2, 0.25) is 0 Å². The minimum absolute atomic E-state index is 0.246. The molecule has 0 aromatic carbocycles. The van der Waals surface area contributed by atoms with Crippen LogP contribution in [0.25, 0.3) is 0 Å². The molecule has 0 bridgehead atoms. The molecule has 0 aliphatic carbocycles. The van der Waals surface area contributed by atoms with E-state index in [-0.39, 0.29) is 6.42 Å². The number of esters is 1. The highest BCUT2D eigenvalue weighted by atomic mass is 16.5. The zero-order chi connectivity index (χ0) is 12.3. The van der Waals surface area contributed by atoms with E-state index in [4.69, 9.17) is 5.11 Å². The van der Waals surface area contributed by atoms with Crippen LogP contribution in [-0.4, -0.2) is 33.9 Å². The molecule has 6 nitrogen and oxygen atoms in total. The maximum Gasteiger partial charge on any atom is 0.341 e. The summed E-state index contributed by atoms with van der Waals surface area (Å²) < 4.78 is 6.08. The predicted molar refractivity (Wildman–Crippen MR) is 55.1 cm³/mol. The van der Waals surface area contributed by atoms with Gasteiger partial charge >= 0.3 is 11.9 Å². The van der Waals surface area contributed by atoms with Crippen molar-refractivity contribution in [3.63, 3.8) is 0 Å². The lowest BCUT2D eigenvalue weighted by Gasteiger charge is -2.08. The molecule has 1 unspecified atom stereocenters. The lowest BCUT2D eigenvalue weighted by atomic mass is 10.0. The van der Waals surface area contributed by atoms with Crippen LogP contribution >= 0.6 is 0 Å². The van der Waals surface area contributed by atoms with E-state index in [1.54, 1.807) is 14.0 Å². The first kappa shape index (κ1) is 12.2. The molecule has 0 amide bonds. The van der Waals surface area contributed by atoms with Crippen LogP contribution in [0.1, 0.15) is 23.0 Å². The average molecular weight is 226 g/mol. The predicted octanol–water partition coefficient (Wildman–Crippen LogP) is 0.470. The summed E-state index contributed by atoms with van der Waals surface area (Å²) in [6.07, 6.45) is 1.63. The summed E-state index contributed by atoms with van der Waals surface area (Å²) in [5, 5.41) is 12.7. The Hall–Kier alpha value is -1.85. The molecule has 0 radical (unpaired) electrons. The molecule has 6 heteroatoms. The van der Waals surface area contributed by atoms with E-state index in [1.807, 2.05) is 0 Å². The van der Waals surface area contributed by atoms with Gasteiger partial charge in [0.2, 0.25) is 0 Å². The van der Waals surface area contributed by atoms with Gasteiger partial charge in [0.15, 0.2) is 0 Å². The first-order valence-electron chi connectivity index (χ1n) is 4.79. The molecule has 1 aromatic heterocycles. The van der Waals surface area contributed by atoms with Crippen LogP contribution in [0.3, 0.4) is 0 Å². The number of ether oxygens (including phenoxy) is 1. The third kappa shape index (κ3) is 2.39. The third-order valence-corrected chi connectivity index (χ3v) is 2.39. The number of carbonyl (C=O) groups excluding carboxylic acids is 1. The van der Waals surface area contributed by atoms with Crippen LogP contribution in [0.15, 0.2) is 6.20 Å². The Bertz CT molecular complexity index is 411. The maximum atomic E-state index is 11.4. The van der Waals surface area contributed by atoms with Crippen molar-refractivity contribution >= 4 is 11.9 Å². The Morgan fingerprint density at radius 3 is 2.75 bits per heavy atom. The van der Waals surface area contributed by atoms with Crippen LogP contribution in [0, 0.1) is 5.92 Å². The van der Waals surface area contributed by atoms with E-state index in [0.29, 0.717) is 11.3 Å². The van der Waals surface area contributed by atoms with Crippen molar-refractivity contribution in [3.8, 4) is 0 Å². The second kappa shape index (κ2) is 4.78. The fourth-order valence-electron chi connectivity index (χ4n) is 1.36. The van der Waals surface area contributed by atoms with Gasteiger partial charge in [0.25, 0.3) is 0 Å². The molecular weight excluding hydrogens is 212 g/mol. The van der Waals surface area contributed by atoms with Crippen molar-refractivity contribution in [3.05, 3.63) is 17.5 Å². The molecule has 1 heterocycles. The van der Waals surface area contributed by atoms with Gasteiger partial charge in [0.1, 0.15) is 5.56 Å². The molecule has 0 saturated heterocycles. The smallest absolute Gasteiger partial charge is 0.341 e. The number of carboxylic acid groups (broad SMARTS) is 1. The Labute approximate surface area is 92.8 Å². The van der Waals surface area contributed by atoms with Crippen molar-refractivity contribution in [1.82, 2.24) is 9.78 Å². The summed E-state index contributed by atoms with van der Waals surface area (Å²) in [5.41, 5.74) is 0.889. The van der Waals surface area contributed by atoms with Gasteiger partial charge in [-0.15, -0.1) is 0 Å². The van der Waals surface area contributed by atoms with Crippen LogP contribution < -0.4 is 0 Å².